The first kappa shape index (κ1) is 15.3. The van der Waals surface area contributed by atoms with Gasteiger partial charge in [-0.05, 0) is 24.6 Å². The van der Waals surface area contributed by atoms with Gasteiger partial charge in [0.2, 0.25) is 0 Å². The third-order valence-corrected chi connectivity index (χ3v) is 3.35. The van der Waals surface area contributed by atoms with Crippen molar-refractivity contribution < 1.29 is 14.2 Å². The lowest BCUT2D eigenvalue weighted by molar-refractivity contribution is 0.171. The number of ether oxygens (including phenoxy) is 3. The molecule has 18 heavy (non-hydrogen) atoms. The van der Waals surface area contributed by atoms with Crippen molar-refractivity contribution in [3.63, 3.8) is 0 Å². The van der Waals surface area contributed by atoms with Crippen molar-refractivity contribution in [3.05, 3.63) is 22.2 Å². The van der Waals surface area contributed by atoms with Gasteiger partial charge in [0.15, 0.2) is 11.5 Å². The van der Waals surface area contributed by atoms with E-state index in [1.54, 1.807) is 21.3 Å². The normalized spacial score (nSPS) is 12.3. The van der Waals surface area contributed by atoms with Gasteiger partial charge < -0.3 is 19.5 Å². The van der Waals surface area contributed by atoms with E-state index >= 15 is 0 Å². The minimum Gasteiger partial charge on any atom is -0.493 e. The average molecular weight is 318 g/mol. The van der Waals surface area contributed by atoms with Crippen LogP contribution in [0.15, 0.2) is 16.6 Å². The SMILES string of the molecule is COCC(C)NCc1cc(OC)c(OC)cc1Br. The summed E-state index contributed by atoms with van der Waals surface area (Å²) >= 11 is 3.53. The largest absolute Gasteiger partial charge is 0.493 e. The summed E-state index contributed by atoms with van der Waals surface area (Å²) in [6.07, 6.45) is 0. The Bertz CT molecular complexity index is 385. The molecule has 0 amide bonds. The second-order valence-electron chi connectivity index (χ2n) is 4.04. The maximum atomic E-state index is 5.29. The lowest BCUT2D eigenvalue weighted by Crippen LogP contribution is -2.29. The fraction of sp³-hybridized carbons (Fsp3) is 0.538. The Kier molecular flexibility index (Phi) is 6.46. The zero-order valence-corrected chi connectivity index (χ0v) is 12.8. The molecule has 1 atom stereocenters. The van der Waals surface area contributed by atoms with Crippen LogP contribution in [-0.4, -0.2) is 34.0 Å². The van der Waals surface area contributed by atoms with Gasteiger partial charge in [0, 0.05) is 24.2 Å². The average Bonchev–Trinajstić information content (AvgIpc) is 2.37. The van der Waals surface area contributed by atoms with Crippen LogP contribution in [0, 0.1) is 0 Å². The molecule has 0 aliphatic rings. The summed E-state index contributed by atoms with van der Waals surface area (Å²) in [7, 11) is 4.96. The van der Waals surface area contributed by atoms with Gasteiger partial charge in [0.1, 0.15) is 0 Å². The quantitative estimate of drug-likeness (QED) is 0.839. The Morgan fingerprint density at radius 3 is 2.33 bits per heavy atom. The van der Waals surface area contributed by atoms with Crippen LogP contribution in [0.5, 0.6) is 11.5 Å². The molecule has 102 valence electrons. The van der Waals surface area contributed by atoms with Gasteiger partial charge in [-0.15, -0.1) is 0 Å². The molecule has 0 aliphatic heterocycles. The maximum absolute atomic E-state index is 5.29. The highest BCUT2D eigenvalue weighted by Gasteiger charge is 2.10. The number of halogens is 1. The molecule has 1 aromatic carbocycles. The van der Waals surface area contributed by atoms with Crippen LogP contribution in [0.1, 0.15) is 12.5 Å². The first-order valence-electron chi connectivity index (χ1n) is 5.75. The molecule has 1 aromatic rings. The van der Waals surface area contributed by atoms with Crippen LogP contribution < -0.4 is 14.8 Å². The van der Waals surface area contributed by atoms with Crippen molar-refractivity contribution >= 4 is 15.9 Å². The Morgan fingerprint density at radius 2 is 1.78 bits per heavy atom. The van der Waals surface area contributed by atoms with Crippen LogP contribution in [0.3, 0.4) is 0 Å². The number of rotatable bonds is 7. The summed E-state index contributed by atoms with van der Waals surface area (Å²) in [6, 6.07) is 4.18. The van der Waals surface area contributed by atoms with Crippen molar-refractivity contribution in [1.82, 2.24) is 5.32 Å². The van der Waals surface area contributed by atoms with E-state index in [-0.39, 0.29) is 0 Å². The van der Waals surface area contributed by atoms with Crippen LogP contribution in [-0.2, 0) is 11.3 Å². The highest BCUT2D eigenvalue weighted by Crippen LogP contribution is 2.33. The van der Waals surface area contributed by atoms with Crippen LogP contribution in [0.2, 0.25) is 0 Å². The predicted molar refractivity (Wildman–Crippen MR) is 75.4 cm³/mol. The zero-order valence-electron chi connectivity index (χ0n) is 11.2. The van der Waals surface area contributed by atoms with E-state index in [1.165, 1.54) is 0 Å². The highest BCUT2D eigenvalue weighted by molar-refractivity contribution is 9.10. The summed E-state index contributed by atoms with van der Waals surface area (Å²) in [5, 5.41) is 3.38. The molecular weight excluding hydrogens is 298 g/mol. The van der Waals surface area contributed by atoms with Gasteiger partial charge >= 0.3 is 0 Å². The number of benzene rings is 1. The van der Waals surface area contributed by atoms with Gasteiger partial charge in [0.05, 0.1) is 20.8 Å². The van der Waals surface area contributed by atoms with Gasteiger partial charge in [-0.2, -0.15) is 0 Å². The van der Waals surface area contributed by atoms with E-state index in [0.717, 1.165) is 28.1 Å². The van der Waals surface area contributed by atoms with Crippen LogP contribution >= 0.6 is 15.9 Å². The molecule has 5 heteroatoms. The van der Waals surface area contributed by atoms with E-state index in [4.69, 9.17) is 14.2 Å². The first-order valence-corrected chi connectivity index (χ1v) is 6.54. The van der Waals surface area contributed by atoms with Crippen molar-refractivity contribution in [1.29, 1.82) is 0 Å². The number of hydrogen-bond acceptors (Lipinski definition) is 4. The van der Waals surface area contributed by atoms with E-state index < -0.39 is 0 Å². The summed E-state index contributed by atoms with van der Waals surface area (Å²) in [5.74, 6) is 1.45. The first-order chi connectivity index (χ1) is 8.62. The Hall–Kier alpha value is -0.780. The van der Waals surface area contributed by atoms with E-state index in [0.29, 0.717) is 12.6 Å². The molecule has 0 spiro atoms. The summed E-state index contributed by atoms with van der Waals surface area (Å²) < 4.78 is 16.6. The standard InChI is InChI=1S/C13H20BrNO3/c1-9(8-16-2)15-7-10-5-12(17-3)13(18-4)6-11(10)14/h5-6,9,15H,7-8H2,1-4H3. The third kappa shape index (κ3) is 4.15. The Morgan fingerprint density at radius 1 is 1.17 bits per heavy atom. The van der Waals surface area contributed by atoms with Crippen molar-refractivity contribution in [2.24, 2.45) is 0 Å². The lowest BCUT2D eigenvalue weighted by Gasteiger charge is -2.15. The second-order valence-corrected chi connectivity index (χ2v) is 4.89. The fourth-order valence-corrected chi connectivity index (χ4v) is 2.09. The zero-order chi connectivity index (χ0) is 13.5. The van der Waals surface area contributed by atoms with E-state index in [1.807, 2.05) is 12.1 Å². The monoisotopic (exact) mass is 317 g/mol. The molecule has 1 N–H and O–H groups in total. The third-order valence-electron chi connectivity index (χ3n) is 2.61. The van der Waals surface area contributed by atoms with E-state index in [2.05, 4.69) is 28.2 Å². The van der Waals surface area contributed by atoms with Gasteiger partial charge in [-0.25, -0.2) is 0 Å². The molecule has 0 aliphatic carbocycles. The molecule has 4 nitrogen and oxygen atoms in total. The number of hydrogen-bond donors (Lipinski definition) is 1. The summed E-state index contributed by atoms with van der Waals surface area (Å²) in [5.41, 5.74) is 1.12. The molecule has 0 bridgehead atoms. The molecule has 0 radical (unpaired) electrons. The second kappa shape index (κ2) is 7.61. The Balaban J connectivity index is 2.76. The molecule has 0 heterocycles. The molecule has 0 aromatic heterocycles. The van der Waals surface area contributed by atoms with E-state index in [9.17, 15) is 0 Å². The van der Waals surface area contributed by atoms with Gasteiger partial charge in [0.25, 0.3) is 0 Å². The number of methoxy groups -OCH3 is 3. The molecule has 0 fully saturated rings. The minimum absolute atomic E-state index is 0.301. The molecular formula is C13H20BrNO3. The van der Waals surface area contributed by atoms with Crippen molar-refractivity contribution in [3.8, 4) is 11.5 Å². The summed E-state index contributed by atoms with van der Waals surface area (Å²) in [4.78, 5) is 0. The number of nitrogens with one attached hydrogen (secondary N) is 1. The van der Waals surface area contributed by atoms with Gasteiger partial charge in [-0.1, -0.05) is 15.9 Å². The highest BCUT2D eigenvalue weighted by atomic mass is 79.9. The molecule has 1 rings (SSSR count). The predicted octanol–water partition coefficient (Wildman–Crippen LogP) is 2.59. The summed E-state index contributed by atoms with van der Waals surface area (Å²) in [6.45, 7) is 3.51. The van der Waals surface area contributed by atoms with Crippen LogP contribution in [0.4, 0.5) is 0 Å². The minimum atomic E-state index is 0.301. The molecule has 0 saturated heterocycles. The lowest BCUT2D eigenvalue weighted by atomic mass is 10.2. The van der Waals surface area contributed by atoms with Crippen molar-refractivity contribution in [2.75, 3.05) is 27.9 Å². The topological polar surface area (TPSA) is 39.7 Å². The molecule has 0 saturated carbocycles. The van der Waals surface area contributed by atoms with Crippen LogP contribution in [0.25, 0.3) is 0 Å². The van der Waals surface area contributed by atoms with Crippen molar-refractivity contribution in [2.45, 2.75) is 19.5 Å². The Labute approximate surface area is 117 Å². The van der Waals surface area contributed by atoms with Gasteiger partial charge in [-0.3, -0.25) is 0 Å². The maximum Gasteiger partial charge on any atom is 0.161 e. The molecule has 1 unspecified atom stereocenters. The fourth-order valence-electron chi connectivity index (χ4n) is 1.62. The smallest absolute Gasteiger partial charge is 0.161 e.